The Kier molecular flexibility index (Phi) is 2.98. The second-order valence-electron chi connectivity index (χ2n) is 2.19. The standard InChI is InChI=1S/C7H6Br2O3/c8-4-1-3(2-10)5(9)7(12)6(4)11/h1,10-12H,2H2. The van der Waals surface area contributed by atoms with E-state index in [9.17, 15) is 10.2 Å². The van der Waals surface area contributed by atoms with Crippen LogP contribution in [0.25, 0.3) is 0 Å². The fraction of sp³-hybridized carbons (Fsp3) is 0.143. The number of aliphatic hydroxyl groups is 1. The zero-order valence-corrected chi connectivity index (χ0v) is 9.05. The van der Waals surface area contributed by atoms with Crippen molar-refractivity contribution in [3.63, 3.8) is 0 Å². The Morgan fingerprint density at radius 3 is 2.25 bits per heavy atom. The van der Waals surface area contributed by atoms with Gasteiger partial charge in [0, 0.05) is 0 Å². The van der Waals surface area contributed by atoms with Crippen LogP contribution < -0.4 is 0 Å². The van der Waals surface area contributed by atoms with E-state index >= 15 is 0 Å². The third-order valence-electron chi connectivity index (χ3n) is 1.41. The third-order valence-corrected chi connectivity index (χ3v) is 2.90. The molecule has 0 aliphatic rings. The maximum atomic E-state index is 9.26. The second-order valence-corrected chi connectivity index (χ2v) is 3.83. The van der Waals surface area contributed by atoms with Crippen LogP contribution in [-0.4, -0.2) is 15.3 Å². The van der Waals surface area contributed by atoms with Crippen LogP contribution in [0, 0.1) is 0 Å². The molecule has 0 unspecified atom stereocenters. The van der Waals surface area contributed by atoms with Gasteiger partial charge in [0.05, 0.1) is 15.6 Å². The van der Waals surface area contributed by atoms with Gasteiger partial charge >= 0.3 is 0 Å². The van der Waals surface area contributed by atoms with E-state index in [1.807, 2.05) is 0 Å². The molecule has 0 bridgehead atoms. The minimum Gasteiger partial charge on any atom is -0.503 e. The summed E-state index contributed by atoms with van der Waals surface area (Å²) in [5.74, 6) is -0.507. The molecule has 0 atom stereocenters. The number of hydrogen-bond donors (Lipinski definition) is 3. The Hall–Kier alpha value is -0.260. The first kappa shape index (κ1) is 9.83. The number of phenolic OH excluding ortho intramolecular Hbond substituents is 2. The van der Waals surface area contributed by atoms with Crippen molar-refractivity contribution in [3.05, 3.63) is 20.6 Å². The highest BCUT2D eigenvalue weighted by Gasteiger charge is 2.12. The van der Waals surface area contributed by atoms with Gasteiger partial charge in [0.1, 0.15) is 0 Å². The number of aliphatic hydroxyl groups excluding tert-OH is 1. The largest absolute Gasteiger partial charge is 0.503 e. The van der Waals surface area contributed by atoms with E-state index in [0.29, 0.717) is 14.5 Å². The van der Waals surface area contributed by atoms with Gasteiger partial charge in [-0.05, 0) is 43.5 Å². The normalized spacial score (nSPS) is 10.2. The maximum Gasteiger partial charge on any atom is 0.173 e. The maximum absolute atomic E-state index is 9.26. The van der Waals surface area contributed by atoms with Gasteiger partial charge < -0.3 is 15.3 Å². The van der Waals surface area contributed by atoms with E-state index in [0.717, 1.165) is 0 Å². The summed E-state index contributed by atoms with van der Waals surface area (Å²) in [7, 11) is 0. The molecule has 1 rings (SSSR count). The molecule has 1 aromatic carbocycles. The molecule has 66 valence electrons. The molecule has 0 aliphatic heterocycles. The molecule has 5 heteroatoms. The van der Waals surface area contributed by atoms with Crippen LogP contribution in [-0.2, 0) is 6.61 Å². The zero-order valence-electron chi connectivity index (χ0n) is 5.88. The van der Waals surface area contributed by atoms with Gasteiger partial charge in [-0.15, -0.1) is 0 Å². The summed E-state index contributed by atoms with van der Waals surface area (Å²) in [5.41, 5.74) is 0.511. The first-order valence-electron chi connectivity index (χ1n) is 3.07. The first-order chi connectivity index (χ1) is 5.57. The van der Waals surface area contributed by atoms with Crippen LogP contribution in [0.5, 0.6) is 11.5 Å². The molecule has 0 aromatic heterocycles. The summed E-state index contributed by atoms with van der Waals surface area (Å²) in [4.78, 5) is 0. The SMILES string of the molecule is OCc1cc(Br)c(O)c(O)c1Br. The Bertz CT molecular complexity index is 312. The quantitative estimate of drug-likeness (QED) is 0.696. The molecule has 3 N–H and O–H groups in total. The highest BCUT2D eigenvalue weighted by molar-refractivity contribution is 9.11. The fourth-order valence-electron chi connectivity index (χ4n) is 0.769. The Morgan fingerprint density at radius 1 is 1.17 bits per heavy atom. The predicted molar refractivity (Wildman–Crippen MR) is 51.1 cm³/mol. The van der Waals surface area contributed by atoms with Crippen molar-refractivity contribution in [1.82, 2.24) is 0 Å². The second kappa shape index (κ2) is 3.64. The molecule has 0 saturated heterocycles. The molecule has 0 radical (unpaired) electrons. The number of hydrogen-bond acceptors (Lipinski definition) is 3. The van der Waals surface area contributed by atoms with Gasteiger partial charge in [-0.1, -0.05) is 0 Å². The average molecular weight is 298 g/mol. The van der Waals surface area contributed by atoms with Crippen LogP contribution in [0.3, 0.4) is 0 Å². The lowest BCUT2D eigenvalue weighted by Gasteiger charge is -2.06. The predicted octanol–water partition coefficient (Wildman–Crippen LogP) is 2.12. The van der Waals surface area contributed by atoms with Gasteiger partial charge in [0.2, 0.25) is 0 Å². The highest BCUT2D eigenvalue weighted by Crippen LogP contribution is 2.41. The van der Waals surface area contributed by atoms with Gasteiger partial charge in [0.25, 0.3) is 0 Å². The lowest BCUT2D eigenvalue weighted by Crippen LogP contribution is -1.86. The molecule has 0 heterocycles. The summed E-state index contributed by atoms with van der Waals surface area (Å²) >= 11 is 6.06. The van der Waals surface area contributed by atoms with E-state index < -0.39 is 0 Å². The third kappa shape index (κ3) is 1.57. The van der Waals surface area contributed by atoms with Crippen molar-refractivity contribution >= 4 is 31.9 Å². The average Bonchev–Trinajstić information content (AvgIpc) is 2.08. The molecule has 1 aromatic rings. The van der Waals surface area contributed by atoms with Crippen molar-refractivity contribution in [2.45, 2.75) is 6.61 Å². The molecule has 0 aliphatic carbocycles. The van der Waals surface area contributed by atoms with Crippen molar-refractivity contribution in [3.8, 4) is 11.5 Å². The molecular formula is C7H6Br2O3. The summed E-state index contributed by atoms with van der Waals surface area (Å²) < 4.78 is 0.665. The molecule has 3 nitrogen and oxygen atoms in total. The monoisotopic (exact) mass is 296 g/mol. The van der Waals surface area contributed by atoms with E-state index in [4.69, 9.17) is 5.11 Å². The fourth-order valence-corrected chi connectivity index (χ4v) is 1.66. The van der Waals surface area contributed by atoms with E-state index in [1.165, 1.54) is 6.07 Å². The Labute approximate surface area is 85.9 Å². The summed E-state index contributed by atoms with van der Waals surface area (Å²) in [6, 6.07) is 1.53. The van der Waals surface area contributed by atoms with Crippen molar-refractivity contribution in [1.29, 1.82) is 0 Å². The number of benzene rings is 1. The van der Waals surface area contributed by atoms with E-state index in [1.54, 1.807) is 0 Å². The zero-order chi connectivity index (χ0) is 9.30. The number of aromatic hydroxyl groups is 2. The van der Waals surface area contributed by atoms with Crippen molar-refractivity contribution in [2.75, 3.05) is 0 Å². The van der Waals surface area contributed by atoms with E-state index in [-0.39, 0.29) is 18.1 Å². The Balaban J connectivity index is 3.39. The number of phenols is 2. The summed E-state index contributed by atoms with van der Waals surface area (Å²) in [6.45, 7) is -0.201. The van der Waals surface area contributed by atoms with Gasteiger partial charge in [0.15, 0.2) is 11.5 Å². The first-order valence-corrected chi connectivity index (χ1v) is 4.66. The molecule has 0 amide bonds. The molecule has 12 heavy (non-hydrogen) atoms. The smallest absolute Gasteiger partial charge is 0.173 e. The van der Waals surface area contributed by atoms with Crippen LogP contribution in [0.1, 0.15) is 5.56 Å². The van der Waals surface area contributed by atoms with Gasteiger partial charge in [-0.3, -0.25) is 0 Å². The van der Waals surface area contributed by atoms with Gasteiger partial charge in [-0.2, -0.15) is 0 Å². The Morgan fingerprint density at radius 2 is 1.75 bits per heavy atom. The van der Waals surface area contributed by atoms with E-state index in [2.05, 4.69) is 31.9 Å². The molecule has 0 saturated carbocycles. The molecular weight excluding hydrogens is 292 g/mol. The summed E-state index contributed by atoms with van der Waals surface area (Å²) in [6.07, 6.45) is 0. The highest BCUT2D eigenvalue weighted by atomic mass is 79.9. The number of rotatable bonds is 1. The van der Waals surface area contributed by atoms with Crippen molar-refractivity contribution < 1.29 is 15.3 Å². The minimum absolute atomic E-state index is 0.201. The molecule has 0 fully saturated rings. The molecule has 0 spiro atoms. The van der Waals surface area contributed by atoms with Crippen LogP contribution in [0.15, 0.2) is 15.0 Å². The lowest BCUT2D eigenvalue weighted by atomic mass is 10.2. The van der Waals surface area contributed by atoms with Crippen LogP contribution >= 0.6 is 31.9 Å². The lowest BCUT2D eigenvalue weighted by molar-refractivity contribution is 0.279. The van der Waals surface area contributed by atoms with Gasteiger partial charge in [-0.25, -0.2) is 0 Å². The minimum atomic E-state index is -0.270. The number of halogens is 2. The topological polar surface area (TPSA) is 60.7 Å². The van der Waals surface area contributed by atoms with Crippen molar-refractivity contribution in [2.24, 2.45) is 0 Å². The summed E-state index contributed by atoms with van der Waals surface area (Å²) in [5, 5.41) is 27.3. The van der Waals surface area contributed by atoms with Crippen LogP contribution in [0.2, 0.25) is 0 Å². The van der Waals surface area contributed by atoms with Crippen LogP contribution in [0.4, 0.5) is 0 Å².